The number of hydrogen-bond donors (Lipinski definition) is 3. The number of phenolic OH excluding ortho intramolecular Hbond substituents is 1. The summed E-state index contributed by atoms with van der Waals surface area (Å²) in [6.07, 6.45) is 0. The van der Waals surface area contributed by atoms with E-state index in [4.69, 9.17) is 0 Å². The number of guanidine groups is 1. The van der Waals surface area contributed by atoms with Gasteiger partial charge in [0.2, 0.25) is 0 Å². The molecule has 2 aromatic rings. The zero-order valence-electron chi connectivity index (χ0n) is 12.9. The van der Waals surface area contributed by atoms with E-state index in [1.165, 1.54) is 12.1 Å². The molecule has 0 fully saturated rings. The van der Waals surface area contributed by atoms with Crippen LogP contribution in [0.15, 0.2) is 53.5 Å². The summed E-state index contributed by atoms with van der Waals surface area (Å²) in [4.78, 5) is 4.44. The van der Waals surface area contributed by atoms with Crippen molar-refractivity contribution in [3.63, 3.8) is 0 Å². The van der Waals surface area contributed by atoms with Crippen LogP contribution in [0.2, 0.25) is 0 Å². The number of rotatable bonds is 5. The molecule has 3 N–H and O–H groups in total. The van der Waals surface area contributed by atoms with Crippen molar-refractivity contribution < 1.29 is 9.50 Å². The Hall–Kier alpha value is -1.83. The summed E-state index contributed by atoms with van der Waals surface area (Å²) in [5.41, 5.74) is 1.86. The zero-order chi connectivity index (χ0) is 15.8. The highest BCUT2D eigenvalue weighted by molar-refractivity contribution is 14.0. The second kappa shape index (κ2) is 10.0. The quantitative estimate of drug-likeness (QED) is 0.388. The third-order valence-electron chi connectivity index (χ3n) is 3.05. The molecule has 0 atom stereocenters. The van der Waals surface area contributed by atoms with Gasteiger partial charge in [-0.25, -0.2) is 9.38 Å². The largest absolute Gasteiger partial charge is 0.508 e. The fourth-order valence-electron chi connectivity index (χ4n) is 1.95. The van der Waals surface area contributed by atoms with Gasteiger partial charge in [-0.05, 0) is 42.3 Å². The van der Waals surface area contributed by atoms with Crippen molar-refractivity contribution in [2.75, 3.05) is 6.54 Å². The van der Waals surface area contributed by atoms with Crippen LogP contribution in [-0.4, -0.2) is 17.6 Å². The highest BCUT2D eigenvalue weighted by Gasteiger charge is 2.00. The van der Waals surface area contributed by atoms with Crippen LogP contribution in [0.1, 0.15) is 18.1 Å². The van der Waals surface area contributed by atoms with E-state index >= 15 is 0 Å². The lowest BCUT2D eigenvalue weighted by atomic mass is 10.2. The molecule has 0 spiro atoms. The number of benzene rings is 2. The number of halogens is 2. The summed E-state index contributed by atoms with van der Waals surface area (Å²) < 4.78 is 13.1. The van der Waals surface area contributed by atoms with Gasteiger partial charge >= 0.3 is 0 Å². The number of aromatic hydroxyl groups is 1. The maximum Gasteiger partial charge on any atom is 0.191 e. The van der Waals surface area contributed by atoms with Crippen LogP contribution >= 0.6 is 24.0 Å². The minimum absolute atomic E-state index is 0. The summed E-state index contributed by atoms with van der Waals surface area (Å²) in [5, 5.41) is 15.6. The Morgan fingerprint density at radius 2 is 1.83 bits per heavy atom. The lowest BCUT2D eigenvalue weighted by Gasteiger charge is -2.11. The highest BCUT2D eigenvalue weighted by atomic mass is 127. The normalized spacial score (nSPS) is 10.8. The maximum absolute atomic E-state index is 13.1. The summed E-state index contributed by atoms with van der Waals surface area (Å²) >= 11 is 0. The average Bonchev–Trinajstić information content (AvgIpc) is 2.52. The third kappa shape index (κ3) is 6.85. The lowest BCUT2D eigenvalue weighted by Crippen LogP contribution is -2.36. The fourth-order valence-corrected chi connectivity index (χ4v) is 1.95. The first-order chi connectivity index (χ1) is 10.7. The van der Waals surface area contributed by atoms with Gasteiger partial charge < -0.3 is 15.7 Å². The van der Waals surface area contributed by atoms with Crippen LogP contribution < -0.4 is 10.6 Å². The molecule has 0 saturated carbocycles. The number of nitrogens with zero attached hydrogens (tertiary/aromatic N) is 1. The van der Waals surface area contributed by atoms with Gasteiger partial charge in [0.1, 0.15) is 11.6 Å². The van der Waals surface area contributed by atoms with Gasteiger partial charge in [-0.15, -0.1) is 24.0 Å². The molecule has 0 aliphatic rings. The van der Waals surface area contributed by atoms with Gasteiger partial charge in [-0.2, -0.15) is 0 Å². The van der Waals surface area contributed by atoms with E-state index in [1.807, 2.05) is 25.1 Å². The summed E-state index contributed by atoms with van der Waals surface area (Å²) in [5.74, 6) is 0.657. The molecule has 0 saturated heterocycles. The molecule has 0 bridgehead atoms. The smallest absolute Gasteiger partial charge is 0.191 e. The van der Waals surface area contributed by atoms with Gasteiger partial charge in [0.15, 0.2) is 5.96 Å². The standard InChI is InChI=1S/C17H20FN3O.HI/c1-2-19-17(20-11-13-6-8-16(22)9-7-13)21-12-14-4-3-5-15(18)10-14;/h3-10,22H,2,11-12H2,1H3,(H2,19,20,21);1H. The summed E-state index contributed by atoms with van der Waals surface area (Å²) in [6, 6.07) is 13.4. The van der Waals surface area contributed by atoms with Gasteiger partial charge in [-0.3, -0.25) is 0 Å². The molecule has 6 heteroatoms. The summed E-state index contributed by atoms with van der Waals surface area (Å²) in [7, 11) is 0. The Bertz CT molecular complexity index is 632. The van der Waals surface area contributed by atoms with Crippen molar-refractivity contribution in [3.05, 3.63) is 65.5 Å². The molecule has 0 amide bonds. The first kappa shape index (κ1) is 19.2. The van der Waals surface area contributed by atoms with Crippen molar-refractivity contribution in [2.24, 2.45) is 4.99 Å². The SMILES string of the molecule is CCNC(=NCc1cccc(F)c1)NCc1ccc(O)cc1.I. The van der Waals surface area contributed by atoms with Crippen LogP contribution in [0.25, 0.3) is 0 Å². The van der Waals surface area contributed by atoms with Crippen LogP contribution in [0, 0.1) is 5.82 Å². The van der Waals surface area contributed by atoms with Crippen LogP contribution in [-0.2, 0) is 13.1 Å². The molecule has 0 aliphatic heterocycles. The molecule has 2 aromatic carbocycles. The van der Waals surface area contributed by atoms with Crippen molar-refractivity contribution >= 4 is 29.9 Å². The Balaban J connectivity index is 0.00000264. The van der Waals surface area contributed by atoms with E-state index in [1.54, 1.807) is 18.2 Å². The molecule has 0 unspecified atom stereocenters. The molecule has 0 radical (unpaired) electrons. The molecule has 0 aromatic heterocycles. The molecule has 0 aliphatic carbocycles. The molecular formula is C17H21FIN3O. The number of nitrogens with one attached hydrogen (secondary N) is 2. The lowest BCUT2D eigenvalue weighted by molar-refractivity contribution is 0.475. The molecule has 0 heterocycles. The molecule has 2 rings (SSSR count). The van der Waals surface area contributed by atoms with Crippen molar-refractivity contribution in [1.82, 2.24) is 10.6 Å². The minimum Gasteiger partial charge on any atom is -0.508 e. The maximum atomic E-state index is 13.1. The molecular weight excluding hydrogens is 408 g/mol. The Labute approximate surface area is 152 Å². The zero-order valence-corrected chi connectivity index (χ0v) is 15.3. The van der Waals surface area contributed by atoms with E-state index in [2.05, 4.69) is 15.6 Å². The van der Waals surface area contributed by atoms with E-state index in [0.717, 1.165) is 17.7 Å². The summed E-state index contributed by atoms with van der Waals surface area (Å²) in [6.45, 7) is 3.72. The number of hydrogen-bond acceptors (Lipinski definition) is 2. The Morgan fingerprint density at radius 1 is 1.09 bits per heavy atom. The van der Waals surface area contributed by atoms with Gasteiger partial charge in [0, 0.05) is 13.1 Å². The second-order valence-corrected chi connectivity index (χ2v) is 4.85. The number of aliphatic imine (C=N–C) groups is 1. The van der Waals surface area contributed by atoms with E-state index in [0.29, 0.717) is 19.0 Å². The Kier molecular flexibility index (Phi) is 8.39. The first-order valence-electron chi connectivity index (χ1n) is 7.22. The van der Waals surface area contributed by atoms with Gasteiger partial charge in [0.05, 0.1) is 6.54 Å². The van der Waals surface area contributed by atoms with Crippen molar-refractivity contribution in [2.45, 2.75) is 20.0 Å². The molecule has 4 nitrogen and oxygen atoms in total. The number of phenols is 1. The van der Waals surface area contributed by atoms with Gasteiger partial charge in [-0.1, -0.05) is 24.3 Å². The topological polar surface area (TPSA) is 56.7 Å². The minimum atomic E-state index is -0.255. The fraction of sp³-hybridized carbons (Fsp3) is 0.235. The van der Waals surface area contributed by atoms with Crippen molar-refractivity contribution in [1.29, 1.82) is 0 Å². The average molecular weight is 429 g/mol. The van der Waals surface area contributed by atoms with Crippen LogP contribution in [0.5, 0.6) is 5.75 Å². The first-order valence-corrected chi connectivity index (χ1v) is 7.22. The third-order valence-corrected chi connectivity index (χ3v) is 3.05. The predicted molar refractivity (Wildman–Crippen MR) is 102 cm³/mol. The highest BCUT2D eigenvalue weighted by Crippen LogP contribution is 2.09. The second-order valence-electron chi connectivity index (χ2n) is 4.85. The Morgan fingerprint density at radius 3 is 2.48 bits per heavy atom. The monoisotopic (exact) mass is 429 g/mol. The van der Waals surface area contributed by atoms with E-state index in [-0.39, 0.29) is 35.5 Å². The molecule has 23 heavy (non-hydrogen) atoms. The van der Waals surface area contributed by atoms with Crippen LogP contribution in [0.4, 0.5) is 4.39 Å². The van der Waals surface area contributed by atoms with E-state index in [9.17, 15) is 9.50 Å². The van der Waals surface area contributed by atoms with Gasteiger partial charge in [0.25, 0.3) is 0 Å². The van der Waals surface area contributed by atoms with Crippen molar-refractivity contribution in [3.8, 4) is 5.75 Å². The van der Waals surface area contributed by atoms with E-state index < -0.39 is 0 Å². The molecule has 124 valence electrons. The van der Waals surface area contributed by atoms with Crippen LogP contribution in [0.3, 0.4) is 0 Å². The predicted octanol–water partition coefficient (Wildman–Crippen LogP) is 3.40.